The number of aryl methyl sites for hydroxylation is 1. The molecule has 144 valence electrons. The number of nitrogens with one attached hydrogen (secondary N) is 1. The van der Waals surface area contributed by atoms with E-state index in [0.29, 0.717) is 34.8 Å². The maximum Gasteiger partial charge on any atom is 0.257 e. The van der Waals surface area contributed by atoms with Crippen molar-refractivity contribution in [3.05, 3.63) is 41.8 Å². The first-order chi connectivity index (χ1) is 12.9. The van der Waals surface area contributed by atoms with Gasteiger partial charge < -0.3 is 13.9 Å². The molecule has 1 aromatic carbocycles. The molecule has 10 heteroatoms. The summed E-state index contributed by atoms with van der Waals surface area (Å²) < 4.78 is 43.9. The van der Waals surface area contributed by atoms with E-state index in [1.807, 2.05) is 6.92 Å². The Morgan fingerprint density at radius 3 is 2.67 bits per heavy atom. The van der Waals surface area contributed by atoms with Gasteiger partial charge >= 0.3 is 0 Å². The second-order valence-corrected chi connectivity index (χ2v) is 8.57. The van der Waals surface area contributed by atoms with Crippen molar-refractivity contribution in [1.82, 2.24) is 14.9 Å². The quantitative estimate of drug-likeness (QED) is 0.610. The predicted octanol–water partition coefficient (Wildman–Crippen LogP) is 2.99. The first-order valence-electron chi connectivity index (χ1n) is 8.12. The molecule has 1 N–H and O–H groups in total. The molecule has 8 nitrogen and oxygen atoms in total. The van der Waals surface area contributed by atoms with Crippen LogP contribution in [0.4, 0.5) is 0 Å². The molecule has 0 unspecified atom stereocenters. The van der Waals surface area contributed by atoms with Crippen molar-refractivity contribution in [3.8, 4) is 22.3 Å². The normalized spacial score (nSPS) is 11.5. The van der Waals surface area contributed by atoms with Gasteiger partial charge in [0, 0.05) is 13.5 Å². The van der Waals surface area contributed by atoms with Crippen LogP contribution in [0.15, 0.2) is 39.0 Å². The summed E-state index contributed by atoms with van der Waals surface area (Å²) in [6.45, 7) is 4.20. The molecule has 0 radical (unpaired) electrons. The number of aromatic nitrogens is 2. The third-order valence-corrected chi connectivity index (χ3v) is 6.54. The summed E-state index contributed by atoms with van der Waals surface area (Å²) in [6, 6.07) is 8.45. The van der Waals surface area contributed by atoms with Crippen molar-refractivity contribution in [2.75, 3.05) is 13.7 Å². The molecule has 0 aliphatic carbocycles. The maximum absolute atomic E-state index is 12.6. The average Bonchev–Trinajstić information content (AvgIpc) is 3.30. The Balaban J connectivity index is 1.73. The van der Waals surface area contributed by atoms with E-state index >= 15 is 0 Å². The van der Waals surface area contributed by atoms with Gasteiger partial charge in [0.2, 0.25) is 15.9 Å². The highest BCUT2D eigenvalue weighted by molar-refractivity contribution is 7.91. The molecular formula is C17H19N3O5S2. The highest BCUT2D eigenvalue weighted by atomic mass is 32.2. The largest absolute Gasteiger partial charge is 0.493 e. The zero-order valence-corrected chi connectivity index (χ0v) is 16.7. The number of thiophene rings is 1. The average molecular weight is 409 g/mol. The van der Waals surface area contributed by atoms with Gasteiger partial charge in [0.05, 0.1) is 18.6 Å². The number of methoxy groups -OCH3 is 1. The lowest BCUT2D eigenvalue weighted by atomic mass is 10.2. The van der Waals surface area contributed by atoms with Crippen LogP contribution in [0.2, 0.25) is 0 Å². The first kappa shape index (κ1) is 19.3. The summed E-state index contributed by atoms with van der Waals surface area (Å²) in [7, 11) is -2.13. The lowest BCUT2D eigenvalue weighted by Gasteiger charge is -2.11. The van der Waals surface area contributed by atoms with Crippen LogP contribution < -0.4 is 14.2 Å². The Kier molecular flexibility index (Phi) is 5.78. The van der Waals surface area contributed by atoms with Gasteiger partial charge in [-0.15, -0.1) is 21.5 Å². The number of hydrogen-bond acceptors (Lipinski definition) is 8. The molecule has 0 spiro atoms. The highest BCUT2D eigenvalue weighted by Crippen LogP contribution is 2.31. The zero-order valence-electron chi connectivity index (χ0n) is 15.1. The Morgan fingerprint density at radius 2 is 2.00 bits per heavy atom. The van der Waals surface area contributed by atoms with E-state index in [9.17, 15) is 8.42 Å². The van der Waals surface area contributed by atoms with Crippen LogP contribution in [0.1, 0.15) is 18.4 Å². The van der Waals surface area contributed by atoms with Gasteiger partial charge in [-0.3, -0.25) is 0 Å². The Bertz CT molecular complexity index is 1030. The van der Waals surface area contributed by atoms with Gasteiger partial charge in [-0.2, -0.15) is 0 Å². The molecule has 3 rings (SSSR count). The van der Waals surface area contributed by atoms with Gasteiger partial charge in [-0.05, 0) is 36.8 Å². The summed E-state index contributed by atoms with van der Waals surface area (Å²) in [5.41, 5.74) is 0.753. The van der Waals surface area contributed by atoms with Gasteiger partial charge in [0.15, 0.2) is 11.5 Å². The molecule has 0 bridgehead atoms. The number of benzene rings is 1. The van der Waals surface area contributed by atoms with Crippen molar-refractivity contribution in [3.63, 3.8) is 0 Å². The molecule has 2 heterocycles. The van der Waals surface area contributed by atoms with Crippen LogP contribution in [0.5, 0.6) is 11.5 Å². The van der Waals surface area contributed by atoms with E-state index in [2.05, 4.69) is 14.9 Å². The minimum atomic E-state index is -3.67. The predicted molar refractivity (Wildman–Crippen MR) is 101 cm³/mol. The van der Waals surface area contributed by atoms with Crippen molar-refractivity contribution in [2.24, 2.45) is 0 Å². The van der Waals surface area contributed by atoms with Crippen LogP contribution >= 0.6 is 11.3 Å². The Labute approximate surface area is 161 Å². The molecule has 0 amide bonds. The summed E-state index contributed by atoms with van der Waals surface area (Å²) in [5, 5.41) is 7.65. The smallest absolute Gasteiger partial charge is 0.257 e. The van der Waals surface area contributed by atoms with Crippen LogP contribution in [-0.4, -0.2) is 32.3 Å². The van der Waals surface area contributed by atoms with Crippen LogP contribution in [0.3, 0.4) is 0 Å². The molecule has 0 atom stereocenters. The van der Waals surface area contributed by atoms with E-state index < -0.39 is 10.0 Å². The van der Waals surface area contributed by atoms with Crippen molar-refractivity contribution in [2.45, 2.75) is 24.6 Å². The van der Waals surface area contributed by atoms with E-state index in [0.717, 1.165) is 16.9 Å². The Morgan fingerprint density at radius 1 is 1.19 bits per heavy atom. The number of nitrogens with zero attached hydrogens (tertiary/aromatic N) is 2. The second-order valence-electron chi connectivity index (χ2n) is 5.49. The van der Waals surface area contributed by atoms with E-state index in [1.54, 1.807) is 31.2 Å². The second kappa shape index (κ2) is 8.07. The molecule has 2 aromatic heterocycles. The number of sulfonamides is 1. The third kappa shape index (κ3) is 4.46. The number of rotatable bonds is 8. The number of hydrogen-bond donors (Lipinski definition) is 1. The van der Waals surface area contributed by atoms with Crippen molar-refractivity contribution in [1.29, 1.82) is 0 Å². The summed E-state index contributed by atoms with van der Waals surface area (Å²) in [5.74, 6) is 1.89. The van der Waals surface area contributed by atoms with E-state index in [1.165, 1.54) is 13.2 Å². The van der Waals surface area contributed by atoms with Gasteiger partial charge in [-0.1, -0.05) is 6.07 Å². The van der Waals surface area contributed by atoms with Gasteiger partial charge in [0.25, 0.3) is 5.89 Å². The molecular weight excluding hydrogens is 390 g/mol. The van der Waals surface area contributed by atoms with Gasteiger partial charge in [-0.25, -0.2) is 13.1 Å². The summed E-state index contributed by atoms with van der Waals surface area (Å²) in [4.78, 5) is 0.596. The molecule has 3 aromatic rings. The van der Waals surface area contributed by atoms with Crippen molar-refractivity contribution >= 4 is 21.4 Å². The lowest BCUT2D eigenvalue weighted by Crippen LogP contribution is -2.22. The van der Waals surface area contributed by atoms with E-state index in [-0.39, 0.29) is 10.8 Å². The zero-order chi connectivity index (χ0) is 19.4. The van der Waals surface area contributed by atoms with Crippen LogP contribution in [-0.2, 0) is 16.6 Å². The van der Waals surface area contributed by atoms with Gasteiger partial charge in [0.1, 0.15) is 4.21 Å². The van der Waals surface area contributed by atoms with Crippen LogP contribution in [0, 0.1) is 6.92 Å². The fourth-order valence-electron chi connectivity index (χ4n) is 2.32. The molecule has 0 aliphatic rings. The molecule has 0 aliphatic heterocycles. The molecule has 0 saturated carbocycles. The summed E-state index contributed by atoms with van der Waals surface area (Å²) >= 11 is 1.07. The Hall–Kier alpha value is -2.43. The molecule has 0 saturated heterocycles. The minimum Gasteiger partial charge on any atom is -0.493 e. The lowest BCUT2D eigenvalue weighted by molar-refractivity contribution is 0.310. The molecule has 0 fully saturated rings. The fraction of sp³-hybridized carbons (Fsp3) is 0.294. The monoisotopic (exact) mass is 409 g/mol. The number of ether oxygens (including phenoxy) is 2. The molecule has 27 heavy (non-hydrogen) atoms. The highest BCUT2D eigenvalue weighted by Gasteiger charge is 2.19. The first-order valence-corrected chi connectivity index (χ1v) is 10.4. The third-order valence-electron chi connectivity index (χ3n) is 3.58. The maximum atomic E-state index is 12.6. The topological polar surface area (TPSA) is 104 Å². The fourth-order valence-corrected chi connectivity index (χ4v) is 4.61. The van der Waals surface area contributed by atoms with E-state index in [4.69, 9.17) is 13.9 Å². The summed E-state index contributed by atoms with van der Waals surface area (Å²) in [6.07, 6.45) is 0. The van der Waals surface area contributed by atoms with Crippen LogP contribution in [0.25, 0.3) is 10.8 Å². The standard InChI is InChI=1S/C17H19N3O5S2/c1-4-24-13-6-5-12(9-14(13)23-3)10-18-27(21,22)16-8-7-15(26-16)17-20-19-11(2)25-17/h5-9,18H,4,10H2,1-3H3. The van der Waals surface area contributed by atoms with Crippen molar-refractivity contribution < 1.29 is 22.3 Å². The minimum absolute atomic E-state index is 0.123. The SMILES string of the molecule is CCOc1ccc(CNS(=O)(=O)c2ccc(-c3nnc(C)o3)s2)cc1OC.